The molecule has 0 aliphatic carbocycles. The van der Waals surface area contributed by atoms with Gasteiger partial charge in [0.25, 0.3) is 5.91 Å². The summed E-state index contributed by atoms with van der Waals surface area (Å²) in [6.07, 6.45) is 11.6. The molecule has 1 heterocycles. The lowest BCUT2D eigenvalue weighted by Gasteiger charge is -2.07. The number of nitrogens with zero attached hydrogens (tertiary/aromatic N) is 1. The van der Waals surface area contributed by atoms with Crippen molar-refractivity contribution in [3.63, 3.8) is 0 Å². The molecule has 2 N–H and O–H groups in total. The molecule has 1 aromatic carbocycles. The Labute approximate surface area is 179 Å². The average Bonchev–Trinajstić information content (AvgIpc) is 3.29. The van der Waals surface area contributed by atoms with E-state index in [1.807, 2.05) is 25.1 Å². The normalized spacial score (nSPS) is 11.3. The van der Waals surface area contributed by atoms with Gasteiger partial charge in [0, 0.05) is 12.1 Å². The van der Waals surface area contributed by atoms with Crippen molar-refractivity contribution >= 4 is 23.2 Å². The van der Waals surface area contributed by atoms with Crippen LogP contribution in [0.4, 0.5) is 5.69 Å². The summed E-state index contributed by atoms with van der Waals surface area (Å²) in [6, 6.07) is 10.6. The predicted molar refractivity (Wildman–Crippen MR) is 121 cm³/mol. The summed E-state index contributed by atoms with van der Waals surface area (Å²) in [7, 11) is 0. The van der Waals surface area contributed by atoms with Gasteiger partial charge in [0.1, 0.15) is 0 Å². The van der Waals surface area contributed by atoms with Gasteiger partial charge in [0.15, 0.2) is 5.76 Å². The number of anilines is 1. The summed E-state index contributed by atoms with van der Waals surface area (Å²) in [5.41, 5.74) is 4.76. The Bertz CT molecular complexity index is 813. The van der Waals surface area contributed by atoms with E-state index in [9.17, 15) is 9.59 Å². The van der Waals surface area contributed by atoms with Crippen LogP contribution < -0.4 is 10.7 Å². The molecule has 30 heavy (non-hydrogen) atoms. The number of hydrogen-bond acceptors (Lipinski definition) is 4. The molecular formula is C24H33N3O3. The summed E-state index contributed by atoms with van der Waals surface area (Å²) in [6.45, 7) is 4.05. The maximum atomic E-state index is 12.1. The number of hydrogen-bond donors (Lipinski definition) is 2. The van der Waals surface area contributed by atoms with E-state index in [4.69, 9.17) is 4.42 Å². The van der Waals surface area contributed by atoms with E-state index in [1.54, 1.807) is 18.2 Å². The highest BCUT2D eigenvalue weighted by Crippen LogP contribution is 2.14. The minimum Gasteiger partial charge on any atom is -0.459 e. The molecule has 2 aromatic rings. The van der Waals surface area contributed by atoms with E-state index in [0.29, 0.717) is 17.8 Å². The average molecular weight is 412 g/mol. The van der Waals surface area contributed by atoms with E-state index in [1.165, 1.54) is 44.8 Å². The van der Waals surface area contributed by atoms with E-state index in [0.717, 1.165) is 18.4 Å². The molecule has 0 aliphatic heterocycles. The van der Waals surface area contributed by atoms with Gasteiger partial charge in [-0.05, 0) is 43.2 Å². The van der Waals surface area contributed by atoms with Gasteiger partial charge in [0.05, 0.1) is 12.0 Å². The first-order valence-electron chi connectivity index (χ1n) is 10.9. The maximum Gasteiger partial charge on any atom is 0.291 e. The predicted octanol–water partition coefficient (Wildman–Crippen LogP) is 5.90. The summed E-state index contributed by atoms with van der Waals surface area (Å²) in [5, 5.41) is 6.98. The first kappa shape index (κ1) is 23.4. The summed E-state index contributed by atoms with van der Waals surface area (Å²) >= 11 is 0. The highest BCUT2D eigenvalue weighted by molar-refractivity contribution is 6.04. The Balaban J connectivity index is 1.73. The fraction of sp³-hybridized carbons (Fsp3) is 0.458. The molecule has 1 aromatic heterocycles. The SMILES string of the molecule is CCCCCCCCCCC(=O)NN=C(C)c1cccc(NC(=O)c2ccco2)c1. The lowest BCUT2D eigenvalue weighted by Crippen LogP contribution is -2.19. The van der Waals surface area contributed by atoms with Crippen molar-refractivity contribution in [2.75, 3.05) is 5.32 Å². The molecule has 0 fully saturated rings. The Kier molecular flexibility index (Phi) is 10.4. The van der Waals surface area contributed by atoms with Crippen molar-refractivity contribution in [3.8, 4) is 0 Å². The molecule has 0 unspecified atom stereocenters. The van der Waals surface area contributed by atoms with Crippen LogP contribution in [0, 0.1) is 0 Å². The number of hydrazone groups is 1. The minimum absolute atomic E-state index is 0.0670. The van der Waals surface area contributed by atoms with E-state index >= 15 is 0 Å². The second-order valence-corrected chi connectivity index (χ2v) is 7.47. The highest BCUT2D eigenvalue weighted by atomic mass is 16.3. The van der Waals surface area contributed by atoms with Crippen molar-refractivity contribution in [1.82, 2.24) is 5.43 Å². The van der Waals surface area contributed by atoms with Gasteiger partial charge in [-0.3, -0.25) is 9.59 Å². The van der Waals surface area contributed by atoms with Crippen LogP contribution in [0.2, 0.25) is 0 Å². The van der Waals surface area contributed by atoms with Gasteiger partial charge >= 0.3 is 0 Å². The second-order valence-electron chi connectivity index (χ2n) is 7.47. The van der Waals surface area contributed by atoms with Crippen molar-refractivity contribution in [2.24, 2.45) is 5.10 Å². The second kappa shape index (κ2) is 13.4. The number of nitrogens with one attached hydrogen (secondary N) is 2. The molecule has 6 heteroatoms. The Morgan fingerprint density at radius 1 is 0.967 bits per heavy atom. The fourth-order valence-electron chi connectivity index (χ4n) is 3.11. The Morgan fingerprint density at radius 2 is 1.70 bits per heavy atom. The van der Waals surface area contributed by atoms with E-state index in [2.05, 4.69) is 22.8 Å². The number of amides is 2. The topological polar surface area (TPSA) is 83.7 Å². The monoisotopic (exact) mass is 411 g/mol. The highest BCUT2D eigenvalue weighted by Gasteiger charge is 2.09. The van der Waals surface area contributed by atoms with Crippen molar-refractivity contribution < 1.29 is 14.0 Å². The first-order valence-corrected chi connectivity index (χ1v) is 10.9. The summed E-state index contributed by atoms with van der Waals surface area (Å²) in [5.74, 6) is -0.132. The lowest BCUT2D eigenvalue weighted by molar-refractivity contribution is -0.121. The van der Waals surface area contributed by atoms with E-state index in [-0.39, 0.29) is 17.6 Å². The minimum atomic E-state index is -0.314. The van der Waals surface area contributed by atoms with Crippen LogP contribution in [-0.2, 0) is 4.79 Å². The standard InChI is InChI=1S/C24H33N3O3/c1-3-4-5-6-7-8-9-10-16-23(28)27-26-19(2)20-13-11-14-21(18-20)25-24(29)22-15-12-17-30-22/h11-15,17-18H,3-10,16H2,1-2H3,(H,25,29)(H,27,28). The zero-order chi connectivity index (χ0) is 21.6. The quantitative estimate of drug-likeness (QED) is 0.244. The number of carbonyl (C=O) groups is 2. The van der Waals surface area contributed by atoms with Crippen molar-refractivity contribution in [1.29, 1.82) is 0 Å². The molecule has 0 bridgehead atoms. The smallest absolute Gasteiger partial charge is 0.291 e. The molecule has 0 saturated carbocycles. The zero-order valence-electron chi connectivity index (χ0n) is 18.1. The molecule has 0 radical (unpaired) electrons. The molecule has 0 spiro atoms. The van der Waals surface area contributed by atoms with Gasteiger partial charge in [-0.1, -0.05) is 64.0 Å². The molecule has 2 rings (SSSR count). The fourth-order valence-corrected chi connectivity index (χ4v) is 3.11. The van der Waals surface area contributed by atoms with Crippen molar-refractivity contribution in [3.05, 3.63) is 54.0 Å². The van der Waals surface area contributed by atoms with Gasteiger partial charge < -0.3 is 9.73 Å². The van der Waals surface area contributed by atoms with Crippen molar-refractivity contribution in [2.45, 2.75) is 71.6 Å². The Morgan fingerprint density at radius 3 is 2.40 bits per heavy atom. The molecular weight excluding hydrogens is 378 g/mol. The lowest BCUT2D eigenvalue weighted by atomic mass is 10.1. The van der Waals surface area contributed by atoms with Crippen LogP contribution in [0.1, 0.15) is 87.8 Å². The largest absolute Gasteiger partial charge is 0.459 e. The van der Waals surface area contributed by atoms with Crippen LogP contribution >= 0.6 is 0 Å². The van der Waals surface area contributed by atoms with Gasteiger partial charge in [-0.25, -0.2) is 5.43 Å². The molecule has 0 saturated heterocycles. The Hall–Kier alpha value is -2.89. The third-order valence-corrected chi connectivity index (χ3v) is 4.89. The van der Waals surface area contributed by atoms with Crippen LogP contribution in [0.3, 0.4) is 0 Å². The number of carbonyl (C=O) groups excluding carboxylic acids is 2. The third-order valence-electron chi connectivity index (χ3n) is 4.89. The third kappa shape index (κ3) is 8.64. The molecule has 0 atom stereocenters. The number of unbranched alkanes of at least 4 members (excludes halogenated alkanes) is 7. The van der Waals surface area contributed by atoms with Crippen LogP contribution in [0.25, 0.3) is 0 Å². The first-order chi connectivity index (χ1) is 14.6. The van der Waals surface area contributed by atoms with Crippen LogP contribution in [0.5, 0.6) is 0 Å². The number of furan rings is 1. The number of rotatable bonds is 13. The molecule has 162 valence electrons. The summed E-state index contributed by atoms with van der Waals surface area (Å²) < 4.78 is 5.10. The maximum absolute atomic E-state index is 12.1. The van der Waals surface area contributed by atoms with Crippen LogP contribution in [0.15, 0.2) is 52.2 Å². The van der Waals surface area contributed by atoms with Gasteiger partial charge in [-0.2, -0.15) is 5.10 Å². The summed E-state index contributed by atoms with van der Waals surface area (Å²) in [4.78, 5) is 24.1. The zero-order valence-corrected chi connectivity index (χ0v) is 18.1. The molecule has 6 nitrogen and oxygen atoms in total. The van der Waals surface area contributed by atoms with Crippen LogP contribution in [-0.4, -0.2) is 17.5 Å². The van der Waals surface area contributed by atoms with Gasteiger partial charge in [-0.15, -0.1) is 0 Å². The molecule has 0 aliphatic rings. The van der Waals surface area contributed by atoms with E-state index < -0.39 is 0 Å². The van der Waals surface area contributed by atoms with Gasteiger partial charge in [0.2, 0.25) is 5.91 Å². The molecule has 2 amide bonds. The number of benzene rings is 1.